The molecule has 0 amide bonds. The first-order valence-corrected chi connectivity index (χ1v) is 6.03. The van der Waals surface area contributed by atoms with Crippen LogP contribution in [0.1, 0.15) is 33.1 Å². The van der Waals surface area contributed by atoms with Crippen LogP contribution in [-0.4, -0.2) is 11.0 Å². The highest BCUT2D eigenvalue weighted by molar-refractivity contribution is 5.35. The van der Waals surface area contributed by atoms with Crippen molar-refractivity contribution >= 4 is 5.82 Å². The zero-order valence-corrected chi connectivity index (χ0v) is 9.91. The quantitative estimate of drug-likeness (QED) is 0.829. The fourth-order valence-electron chi connectivity index (χ4n) is 2.53. The summed E-state index contributed by atoms with van der Waals surface area (Å²) in [5.74, 6) is 1.99. The fraction of sp³-hybridized carbons (Fsp3) is 0.615. The first-order valence-electron chi connectivity index (χ1n) is 6.03. The summed E-state index contributed by atoms with van der Waals surface area (Å²) in [5, 5.41) is 3.40. The lowest BCUT2D eigenvalue weighted by Crippen LogP contribution is -2.33. The molecule has 2 rings (SSSR count). The van der Waals surface area contributed by atoms with Crippen molar-refractivity contribution in [1.29, 1.82) is 0 Å². The van der Waals surface area contributed by atoms with Crippen molar-refractivity contribution in [1.82, 2.24) is 4.98 Å². The number of pyridine rings is 1. The molecule has 1 aliphatic rings. The Morgan fingerprint density at radius 3 is 2.75 bits per heavy atom. The highest BCUT2D eigenvalue weighted by atomic mass is 19.1. The van der Waals surface area contributed by atoms with Gasteiger partial charge in [-0.1, -0.05) is 13.8 Å². The second-order valence-corrected chi connectivity index (χ2v) is 5.01. The molecule has 1 saturated carbocycles. The van der Waals surface area contributed by atoms with E-state index in [9.17, 15) is 4.39 Å². The van der Waals surface area contributed by atoms with E-state index in [1.165, 1.54) is 31.5 Å². The van der Waals surface area contributed by atoms with Gasteiger partial charge >= 0.3 is 0 Å². The Bertz CT molecular complexity index is 336. The van der Waals surface area contributed by atoms with Crippen LogP contribution in [0.5, 0.6) is 0 Å². The second-order valence-electron chi connectivity index (χ2n) is 5.01. The molecule has 0 aliphatic heterocycles. The molecule has 88 valence electrons. The molecule has 1 aliphatic carbocycles. The van der Waals surface area contributed by atoms with Crippen LogP contribution in [0.15, 0.2) is 18.3 Å². The average molecular weight is 222 g/mol. The van der Waals surface area contributed by atoms with Gasteiger partial charge in [-0.05, 0) is 43.2 Å². The number of aromatic nitrogens is 1. The molecule has 3 unspecified atom stereocenters. The van der Waals surface area contributed by atoms with Gasteiger partial charge in [0.25, 0.3) is 0 Å². The molecule has 0 radical (unpaired) electrons. The van der Waals surface area contributed by atoms with Crippen LogP contribution in [0, 0.1) is 17.7 Å². The normalized spacial score (nSPS) is 30.1. The Hall–Kier alpha value is -1.12. The van der Waals surface area contributed by atoms with Crippen LogP contribution < -0.4 is 5.32 Å². The maximum absolute atomic E-state index is 12.7. The molecule has 3 heteroatoms. The molecule has 16 heavy (non-hydrogen) atoms. The van der Waals surface area contributed by atoms with Gasteiger partial charge in [0.05, 0.1) is 6.20 Å². The maximum atomic E-state index is 12.7. The third kappa shape index (κ3) is 2.71. The molecule has 1 heterocycles. The Labute approximate surface area is 96.3 Å². The highest BCUT2D eigenvalue weighted by Crippen LogP contribution is 2.30. The molecule has 3 atom stereocenters. The molecule has 1 N–H and O–H groups in total. The topological polar surface area (TPSA) is 24.9 Å². The van der Waals surface area contributed by atoms with Crippen LogP contribution in [0.4, 0.5) is 10.2 Å². The lowest BCUT2D eigenvalue weighted by molar-refractivity contribution is 0.276. The summed E-state index contributed by atoms with van der Waals surface area (Å²) in [5.41, 5.74) is 0. The smallest absolute Gasteiger partial charge is 0.141 e. The van der Waals surface area contributed by atoms with Gasteiger partial charge in [0, 0.05) is 6.04 Å². The molecule has 0 bridgehead atoms. The number of hydrogen-bond acceptors (Lipinski definition) is 2. The molecule has 0 spiro atoms. The molecule has 1 aromatic heterocycles. The zero-order valence-electron chi connectivity index (χ0n) is 9.91. The van der Waals surface area contributed by atoms with E-state index in [4.69, 9.17) is 0 Å². The molecule has 0 saturated heterocycles. The minimum absolute atomic E-state index is 0.282. The summed E-state index contributed by atoms with van der Waals surface area (Å²) in [4.78, 5) is 4.04. The van der Waals surface area contributed by atoms with Gasteiger partial charge in [0.1, 0.15) is 11.6 Å². The van der Waals surface area contributed by atoms with Crippen molar-refractivity contribution in [3.05, 3.63) is 24.1 Å². The number of nitrogens with zero attached hydrogens (tertiary/aromatic N) is 1. The average Bonchev–Trinajstić information content (AvgIpc) is 2.25. The van der Waals surface area contributed by atoms with Crippen LogP contribution in [0.25, 0.3) is 0 Å². The monoisotopic (exact) mass is 222 g/mol. The Balaban J connectivity index is 1.96. The fourth-order valence-corrected chi connectivity index (χ4v) is 2.53. The molecule has 1 aromatic rings. The van der Waals surface area contributed by atoms with Crippen LogP contribution >= 0.6 is 0 Å². The third-order valence-corrected chi connectivity index (χ3v) is 3.49. The van der Waals surface area contributed by atoms with E-state index in [-0.39, 0.29) is 5.82 Å². The Morgan fingerprint density at radius 2 is 2.12 bits per heavy atom. The third-order valence-electron chi connectivity index (χ3n) is 3.49. The highest BCUT2D eigenvalue weighted by Gasteiger charge is 2.25. The number of anilines is 1. The van der Waals surface area contributed by atoms with Crippen molar-refractivity contribution in [3.8, 4) is 0 Å². The number of halogens is 1. The summed E-state index contributed by atoms with van der Waals surface area (Å²) in [6.07, 6.45) is 4.97. The number of rotatable bonds is 2. The van der Waals surface area contributed by atoms with Crippen LogP contribution in [0.2, 0.25) is 0 Å². The van der Waals surface area contributed by atoms with Crippen molar-refractivity contribution in [3.63, 3.8) is 0 Å². The van der Waals surface area contributed by atoms with Crippen molar-refractivity contribution in [2.75, 3.05) is 5.32 Å². The van der Waals surface area contributed by atoms with E-state index in [0.717, 1.165) is 11.7 Å². The first kappa shape index (κ1) is 11.4. The lowest BCUT2D eigenvalue weighted by atomic mass is 9.80. The van der Waals surface area contributed by atoms with Gasteiger partial charge in [-0.3, -0.25) is 0 Å². The van der Waals surface area contributed by atoms with E-state index in [0.29, 0.717) is 12.0 Å². The standard InChI is InChI=1S/C13H19FN2/c1-9-3-5-12(10(2)7-9)16-13-6-4-11(14)8-15-13/h4,6,8-10,12H,3,5,7H2,1-2H3,(H,15,16). The molecule has 1 fully saturated rings. The predicted molar refractivity (Wildman–Crippen MR) is 63.8 cm³/mol. The van der Waals surface area contributed by atoms with Crippen molar-refractivity contribution in [2.24, 2.45) is 11.8 Å². The van der Waals surface area contributed by atoms with Crippen molar-refractivity contribution in [2.45, 2.75) is 39.2 Å². The first-order chi connectivity index (χ1) is 7.65. The largest absolute Gasteiger partial charge is 0.367 e. The number of hydrogen-bond donors (Lipinski definition) is 1. The van der Waals surface area contributed by atoms with E-state index in [1.807, 2.05) is 0 Å². The second kappa shape index (κ2) is 4.81. The minimum Gasteiger partial charge on any atom is -0.367 e. The van der Waals surface area contributed by atoms with Crippen LogP contribution in [0.3, 0.4) is 0 Å². The summed E-state index contributed by atoms with van der Waals surface area (Å²) in [7, 11) is 0. The van der Waals surface area contributed by atoms with E-state index < -0.39 is 0 Å². The van der Waals surface area contributed by atoms with Gasteiger partial charge < -0.3 is 5.32 Å². The summed E-state index contributed by atoms with van der Waals surface area (Å²) in [6.45, 7) is 4.58. The summed E-state index contributed by atoms with van der Waals surface area (Å²) >= 11 is 0. The lowest BCUT2D eigenvalue weighted by Gasteiger charge is -2.33. The van der Waals surface area contributed by atoms with Gasteiger partial charge in [-0.2, -0.15) is 0 Å². The predicted octanol–water partition coefficient (Wildman–Crippen LogP) is 3.46. The van der Waals surface area contributed by atoms with Gasteiger partial charge in [0.15, 0.2) is 0 Å². The summed E-state index contributed by atoms with van der Waals surface area (Å²) < 4.78 is 12.7. The van der Waals surface area contributed by atoms with Crippen molar-refractivity contribution < 1.29 is 4.39 Å². The zero-order chi connectivity index (χ0) is 11.5. The minimum atomic E-state index is -0.282. The Kier molecular flexibility index (Phi) is 3.42. The number of nitrogens with one attached hydrogen (secondary N) is 1. The van der Waals surface area contributed by atoms with E-state index in [1.54, 1.807) is 6.07 Å². The molecular weight excluding hydrogens is 203 g/mol. The molecule has 0 aromatic carbocycles. The maximum Gasteiger partial charge on any atom is 0.141 e. The molecular formula is C13H19FN2. The van der Waals surface area contributed by atoms with Gasteiger partial charge in [0.2, 0.25) is 0 Å². The van der Waals surface area contributed by atoms with Crippen LogP contribution in [-0.2, 0) is 0 Å². The SMILES string of the molecule is CC1CCC(Nc2ccc(F)cn2)C(C)C1. The van der Waals surface area contributed by atoms with E-state index in [2.05, 4.69) is 24.1 Å². The van der Waals surface area contributed by atoms with Gasteiger partial charge in [-0.15, -0.1) is 0 Å². The Morgan fingerprint density at radius 1 is 1.31 bits per heavy atom. The van der Waals surface area contributed by atoms with E-state index >= 15 is 0 Å². The van der Waals surface area contributed by atoms with Gasteiger partial charge in [-0.25, -0.2) is 9.37 Å². The molecule has 2 nitrogen and oxygen atoms in total. The summed E-state index contributed by atoms with van der Waals surface area (Å²) in [6, 6.07) is 3.64.